The molecule has 1 amide bonds. The van der Waals surface area contributed by atoms with Crippen molar-refractivity contribution in [3.63, 3.8) is 0 Å². The molecule has 4 aromatic rings. The van der Waals surface area contributed by atoms with Crippen molar-refractivity contribution in [2.75, 3.05) is 12.0 Å². The monoisotopic (exact) mass is 483 g/mol. The highest BCUT2D eigenvalue weighted by Gasteiger charge is 2.42. The first kappa shape index (κ1) is 20.5. The molecule has 1 aliphatic heterocycles. The first-order chi connectivity index (χ1) is 15.7. The van der Waals surface area contributed by atoms with E-state index in [0.717, 1.165) is 32.4 Å². The van der Waals surface area contributed by atoms with Crippen LogP contribution in [0.25, 0.3) is 0 Å². The van der Waals surface area contributed by atoms with Crippen LogP contribution < -0.4 is 9.64 Å². The van der Waals surface area contributed by atoms with Crippen LogP contribution in [0, 0.1) is 0 Å². The summed E-state index contributed by atoms with van der Waals surface area (Å²) in [5.41, 5.74) is 4.94. The third kappa shape index (κ3) is 3.51. The zero-order valence-corrected chi connectivity index (χ0v) is 19.2. The number of para-hydroxylation sites is 1. The minimum atomic E-state index is -0.473. The van der Waals surface area contributed by atoms with E-state index >= 15 is 0 Å². The lowest BCUT2D eigenvalue weighted by molar-refractivity contribution is -0.120. The largest absolute Gasteiger partial charge is 0.496 e. The molecular formula is C28H22BrNO2. The summed E-state index contributed by atoms with van der Waals surface area (Å²) >= 11 is 3.58. The molecule has 0 spiro atoms. The van der Waals surface area contributed by atoms with Gasteiger partial charge in [-0.1, -0.05) is 88.7 Å². The second-order valence-corrected chi connectivity index (χ2v) is 8.72. The predicted octanol–water partition coefficient (Wildman–Crippen LogP) is 6.73. The number of hydrogen-bond acceptors (Lipinski definition) is 2. The van der Waals surface area contributed by atoms with Crippen molar-refractivity contribution >= 4 is 27.5 Å². The molecule has 158 valence electrons. The van der Waals surface area contributed by atoms with Gasteiger partial charge in [-0.15, -0.1) is 0 Å². The fraction of sp³-hybridized carbons (Fsp3) is 0.107. The average Bonchev–Trinajstić information content (AvgIpc) is 2.84. The lowest BCUT2D eigenvalue weighted by Gasteiger charge is -2.41. The van der Waals surface area contributed by atoms with E-state index in [1.54, 1.807) is 7.11 Å². The first-order valence-electron chi connectivity index (χ1n) is 10.5. The van der Waals surface area contributed by atoms with Crippen molar-refractivity contribution in [2.45, 2.75) is 12.0 Å². The van der Waals surface area contributed by atoms with Crippen LogP contribution in [0.5, 0.6) is 5.75 Å². The number of fused-ring (bicyclic) bond motifs is 1. The van der Waals surface area contributed by atoms with E-state index in [1.165, 1.54) is 0 Å². The van der Waals surface area contributed by atoms with Crippen molar-refractivity contribution in [1.29, 1.82) is 0 Å². The highest BCUT2D eigenvalue weighted by molar-refractivity contribution is 9.10. The highest BCUT2D eigenvalue weighted by Crippen LogP contribution is 2.47. The van der Waals surface area contributed by atoms with Crippen molar-refractivity contribution in [3.8, 4) is 5.75 Å². The van der Waals surface area contributed by atoms with Crippen LogP contribution in [0.2, 0.25) is 0 Å². The number of rotatable bonds is 4. The third-order valence-electron chi connectivity index (χ3n) is 6.00. The number of amides is 1. The minimum absolute atomic E-state index is 0.0279. The summed E-state index contributed by atoms with van der Waals surface area (Å²) in [5, 5.41) is 0. The standard InChI is InChI=1S/C28H22BrNO2/c1-32-25-17-16-20(29)18-24(25)26-22-14-8-9-15-23(22)27(19-10-4-2-5-11-19)30(28(26)31)21-12-6-3-7-13-21/h2-18,26-27H,1H3/t26-,27+/m1/s1. The molecule has 4 aromatic carbocycles. The van der Waals surface area contributed by atoms with Gasteiger partial charge in [0.25, 0.3) is 0 Å². The summed E-state index contributed by atoms with van der Waals surface area (Å²) in [7, 11) is 1.65. The number of nitrogens with zero attached hydrogens (tertiary/aromatic N) is 1. The van der Waals surface area contributed by atoms with E-state index in [2.05, 4.69) is 40.2 Å². The van der Waals surface area contributed by atoms with Crippen molar-refractivity contribution in [3.05, 3.63) is 130 Å². The number of ether oxygens (including phenoxy) is 1. The van der Waals surface area contributed by atoms with Crippen LogP contribution in [0.1, 0.15) is 34.2 Å². The van der Waals surface area contributed by atoms with Crippen LogP contribution in [0.4, 0.5) is 5.69 Å². The molecule has 2 atom stereocenters. The topological polar surface area (TPSA) is 29.5 Å². The summed E-state index contributed by atoms with van der Waals surface area (Å²) in [5.74, 6) is 0.256. The Hall–Kier alpha value is -3.37. The molecule has 0 N–H and O–H groups in total. The smallest absolute Gasteiger partial charge is 0.239 e. The van der Waals surface area contributed by atoms with Gasteiger partial charge in [0.15, 0.2) is 0 Å². The number of carbonyl (C=O) groups excluding carboxylic acids is 1. The Morgan fingerprint density at radius 1 is 0.750 bits per heavy atom. The van der Waals surface area contributed by atoms with Crippen molar-refractivity contribution < 1.29 is 9.53 Å². The Kier molecular flexibility index (Phi) is 5.54. The molecule has 0 aromatic heterocycles. The van der Waals surface area contributed by atoms with Crippen LogP contribution in [0.15, 0.2) is 108 Å². The van der Waals surface area contributed by atoms with E-state index in [4.69, 9.17) is 4.74 Å². The van der Waals surface area contributed by atoms with Crippen LogP contribution in [-0.4, -0.2) is 13.0 Å². The molecule has 0 aliphatic carbocycles. The van der Waals surface area contributed by atoms with Crippen LogP contribution in [-0.2, 0) is 4.79 Å². The number of benzene rings is 4. The van der Waals surface area contributed by atoms with Gasteiger partial charge in [0.1, 0.15) is 5.75 Å². The average molecular weight is 484 g/mol. The molecule has 0 unspecified atom stereocenters. The summed E-state index contributed by atoms with van der Waals surface area (Å²) < 4.78 is 6.59. The van der Waals surface area contributed by atoms with Gasteiger partial charge in [0, 0.05) is 15.7 Å². The van der Waals surface area contributed by atoms with Gasteiger partial charge in [-0.25, -0.2) is 0 Å². The Morgan fingerprint density at radius 2 is 1.38 bits per heavy atom. The molecule has 4 heteroatoms. The second-order valence-electron chi connectivity index (χ2n) is 7.81. The molecule has 3 nitrogen and oxygen atoms in total. The van der Waals surface area contributed by atoms with E-state index in [9.17, 15) is 4.79 Å². The van der Waals surface area contributed by atoms with Gasteiger partial charge in [0.2, 0.25) is 5.91 Å². The van der Waals surface area contributed by atoms with E-state index in [1.807, 2.05) is 83.8 Å². The quantitative estimate of drug-likeness (QED) is 0.322. The fourth-order valence-electron chi connectivity index (χ4n) is 4.62. The number of halogens is 1. The number of methoxy groups -OCH3 is 1. The van der Waals surface area contributed by atoms with Gasteiger partial charge in [-0.05, 0) is 47.0 Å². The van der Waals surface area contributed by atoms with Gasteiger partial charge in [-0.2, -0.15) is 0 Å². The molecule has 0 radical (unpaired) electrons. The number of carbonyl (C=O) groups is 1. The molecule has 0 fully saturated rings. The number of hydrogen-bond donors (Lipinski definition) is 0. The molecule has 0 saturated carbocycles. The second kappa shape index (κ2) is 8.64. The van der Waals surface area contributed by atoms with E-state index in [-0.39, 0.29) is 11.9 Å². The van der Waals surface area contributed by atoms with E-state index in [0.29, 0.717) is 5.75 Å². The lowest BCUT2D eigenvalue weighted by Crippen LogP contribution is -2.44. The Morgan fingerprint density at radius 3 is 2.06 bits per heavy atom. The highest BCUT2D eigenvalue weighted by atomic mass is 79.9. The molecule has 1 aliphatic rings. The summed E-state index contributed by atoms with van der Waals surface area (Å²) in [6.45, 7) is 0. The van der Waals surface area contributed by atoms with Crippen molar-refractivity contribution in [1.82, 2.24) is 0 Å². The van der Waals surface area contributed by atoms with Gasteiger partial charge in [0.05, 0.1) is 19.1 Å². The maximum atomic E-state index is 14.3. The van der Waals surface area contributed by atoms with E-state index < -0.39 is 5.92 Å². The minimum Gasteiger partial charge on any atom is -0.496 e. The van der Waals surface area contributed by atoms with Crippen LogP contribution in [0.3, 0.4) is 0 Å². The molecular weight excluding hydrogens is 462 g/mol. The Bertz CT molecular complexity index is 1260. The Balaban J connectivity index is 1.79. The third-order valence-corrected chi connectivity index (χ3v) is 6.49. The molecule has 0 bridgehead atoms. The summed E-state index contributed by atoms with van der Waals surface area (Å²) in [6, 6.07) is 34.0. The molecule has 5 rings (SSSR count). The molecule has 1 heterocycles. The lowest BCUT2D eigenvalue weighted by atomic mass is 9.78. The zero-order valence-electron chi connectivity index (χ0n) is 17.6. The summed E-state index contributed by atoms with van der Waals surface area (Å²) in [6.07, 6.45) is 0. The van der Waals surface area contributed by atoms with Crippen LogP contribution >= 0.6 is 15.9 Å². The summed E-state index contributed by atoms with van der Waals surface area (Å²) in [4.78, 5) is 16.2. The first-order valence-corrected chi connectivity index (χ1v) is 11.3. The van der Waals surface area contributed by atoms with Gasteiger partial charge in [-0.3, -0.25) is 9.69 Å². The molecule has 32 heavy (non-hydrogen) atoms. The van der Waals surface area contributed by atoms with Gasteiger partial charge >= 0.3 is 0 Å². The predicted molar refractivity (Wildman–Crippen MR) is 131 cm³/mol. The van der Waals surface area contributed by atoms with Gasteiger partial charge < -0.3 is 4.74 Å². The normalized spacial score (nSPS) is 17.7. The maximum absolute atomic E-state index is 14.3. The zero-order chi connectivity index (χ0) is 22.1. The molecule has 0 saturated heterocycles. The Labute approximate surface area is 196 Å². The number of anilines is 1. The van der Waals surface area contributed by atoms with Crippen molar-refractivity contribution in [2.24, 2.45) is 0 Å². The fourth-order valence-corrected chi connectivity index (χ4v) is 5.00. The SMILES string of the molecule is COc1ccc(Br)cc1[C@@H]1C(=O)N(c2ccccc2)[C@@H](c2ccccc2)c2ccccc21. The maximum Gasteiger partial charge on any atom is 0.239 e.